The van der Waals surface area contributed by atoms with Gasteiger partial charge in [-0.15, -0.1) is 0 Å². The fraction of sp³-hybridized carbons (Fsp3) is 0.571. The van der Waals surface area contributed by atoms with Crippen LogP contribution in [-0.2, 0) is 11.2 Å². The molecule has 3 heteroatoms. The Balaban J connectivity index is 1.58. The van der Waals surface area contributed by atoms with E-state index in [2.05, 4.69) is 17.4 Å². The molecule has 0 saturated heterocycles. The average molecular weight is 234 g/mol. The molecule has 1 aliphatic rings. The van der Waals surface area contributed by atoms with Gasteiger partial charge in [-0.1, -0.05) is 12.1 Å². The summed E-state index contributed by atoms with van der Waals surface area (Å²) in [6.07, 6.45) is 5.07. The molecule has 0 radical (unpaired) electrons. The molecule has 0 aliphatic heterocycles. The van der Waals surface area contributed by atoms with Crippen molar-refractivity contribution in [1.29, 1.82) is 0 Å². The molecular formula is C14H22N2O. The van der Waals surface area contributed by atoms with Crippen LogP contribution in [0.25, 0.3) is 0 Å². The van der Waals surface area contributed by atoms with Crippen LogP contribution in [0, 0.1) is 0 Å². The van der Waals surface area contributed by atoms with Gasteiger partial charge in [0.1, 0.15) is 0 Å². The van der Waals surface area contributed by atoms with E-state index in [1.165, 1.54) is 5.56 Å². The lowest BCUT2D eigenvalue weighted by Gasteiger charge is -2.34. The summed E-state index contributed by atoms with van der Waals surface area (Å²) in [5, 5.41) is 3.56. The van der Waals surface area contributed by atoms with Crippen molar-refractivity contribution in [3.63, 3.8) is 0 Å². The Morgan fingerprint density at radius 1 is 1.41 bits per heavy atom. The van der Waals surface area contributed by atoms with Crippen LogP contribution >= 0.6 is 0 Å². The average Bonchev–Trinajstić information content (AvgIpc) is 2.26. The Bertz CT molecular complexity index is 348. The smallest absolute Gasteiger partial charge is 0.0601 e. The second kappa shape index (κ2) is 6.03. The number of rotatable bonds is 6. The molecule has 2 rings (SSSR count). The van der Waals surface area contributed by atoms with E-state index in [0.29, 0.717) is 12.1 Å². The number of nitrogens with one attached hydrogen (secondary N) is 1. The Morgan fingerprint density at radius 2 is 2.24 bits per heavy atom. The monoisotopic (exact) mass is 234 g/mol. The minimum Gasteiger partial charge on any atom is -0.399 e. The van der Waals surface area contributed by atoms with Gasteiger partial charge >= 0.3 is 0 Å². The minimum absolute atomic E-state index is 0.487. The molecule has 1 aliphatic carbocycles. The highest BCUT2D eigenvalue weighted by Crippen LogP contribution is 2.22. The summed E-state index contributed by atoms with van der Waals surface area (Å²) in [5.74, 6) is 0. The normalized spacial score (nSPS) is 23.4. The van der Waals surface area contributed by atoms with Crippen LogP contribution in [0.5, 0.6) is 0 Å². The van der Waals surface area contributed by atoms with Crippen molar-refractivity contribution in [1.82, 2.24) is 5.32 Å². The largest absolute Gasteiger partial charge is 0.399 e. The zero-order chi connectivity index (χ0) is 12.1. The maximum absolute atomic E-state index is 5.74. The molecule has 1 aromatic rings. The first-order valence-electron chi connectivity index (χ1n) is 6.38. The first-order chi connectivity index (χ1) is 8.28. The number of nitrogen functional groups attached to an aromatic ring is 1. The Kier molecular flexibility index (Phi) is 4.40. The standard InChI is InChI=1S/C14H22N2O/c1-17-14-9-13(10-14)16-7-3-5-11-4-2-6-12(15)8-11/h2,4,6,8,13-14,16H,3,5,7,9-10,15H2,1H3. The molecule has 1 aromatic carbocycles. The fourth-order valence-electron chi connectivity index (χ4n) is 2.27. The molecule has 0 atom stereocenters. The SMILES string of the molecule is COC1CC(NCCCc2cccc(N)c2)C1. The fourth-order valence-corrected chi connectivity index (χ4v) is 2.27. The van der Waals surface area contributed by atoms with Gasteiger partial charge in [-0.05, 0) is 49.9 Å². The van der Waals surface area contributed by atoms with Crippen molar-refractivity contribution in [3.05, 3.63) is 29.8 Å². The van der Waals surface area contributed by atoms with E-state index in [1.807, 2.05) is 12.1 Å². The van der Waals surface area contributed by atoms with E-state index in [1.54, 1.807) is 7.11 Å². The second-order valence-electron chi connectivity index (χ2n) is 4.83. The highest BCUT2D eigenvalue weighted by atomic mass is 16.5. The van der Waals surface area contributed by atoms with E-state index >= 15 is 0 Å². The molecule has 1 fully saturated rings. The molecule has 0 unspecified atom stereocenters. The van der Waals surface area contributed by atoms with E-state index < -0.39 is 0 Å². The molecule has 0 heterocycles. The highest BCUT2D eigenvalue weighted by molar-refractivity contribution is 5.40. The van der Waals surface area contributed by atoms with Gasteiger partial charge in [0.05, 0.1) is 6.10 Å². The summed E-state index contributed by atoms with van der Waals surface area (Å²) >= 11 is 0. The zero-order valence-electron chi connectivity index (χ0n) is 10.5. The van der Waals surface area contributed by atoms with Crippen LogP contribution in [0.1, 0.15) is 24.8 Å². The number of nitrogens with two attached hydrogens (primary N) is 1. The molecule has 0 bridgehead atoms. The topological polar surface area (TPSA) is 47.3 Å². The van der Waals surface area contributed by atoms with E-state index in [0.717, 1.165) is 37.9 Å². The molecule has 0 amide bonds. The Morgan fingerprint density at radius 3 is 2.94 bits per heavy atom. The summed E-state index contributed by atoms with van der Waals surface area (Å²) in [7, 11) is 1.79. The Hall–Kier alpha value is -1.06. The van der Waals surface area contributed by atoms with E-state index in [9.17, 15) is 0 Å². The van der Waals surface area contributed by atoms with Gasteiger partial charge in [0, 0.05) is 18.8 Å². The summed E-state index contributed by atoms with van der Waals surface area (Å²) in [4.78, 5) is 0. The third-order valence-corrected chi connectivity index (χ3v) is 3.45. The quantitative estimate of drug-likeness (QED) is 0.584. The molecule has 3 nitrogen and oxygen atoms in total. The third kappa shape index (κ3) is 3.72. The number of aryl methyl sites for hydroxylation is 1. The first kappa shape index (κ1) is 12.4. The predicted octanol–water partition coefficient (Wildman–Crippen LogP) is 1.97. The number of benzene rings is 1. The van der Waals surface area contributed by atoms with E-state index in [4.69, 9.17) is 10.5 Å². The summed E-state index contributed by atoms with van der Waals surface area (Å²) < 4.78 is 5.25. The van der Waals surface area contributed by atoms with Crippen molar-refractivity contribution in [3.8, 4) is 0 Å². The van der Waals surface area contributed by atoms with Gasteiger partial charge in [0.25, 0.3) is 0 Å². The lowest BCUT2D eigenvalue weighted by molar-refractivity contribution is 0.0175. The van der Waals surface area contributed by atoms with Gasteiger partial charge in [0.15, 0.2) is 0 Å². The maximum Gasteiger partial charge on any atom is 0.0601 e. The van der Waals surface area contributed by atoms with Crippen molar-refractivity contribution in [2.75, 3.05) is 19.4 Å². The van der Waals surface area contributed by atoms with E-state index in [-0.39, 0.29) is 0 Å². The van der Waals surface area contributed by atoms with Gasteiger partial charge in [-0.3, -0.25) is 0 Å². The minimum atomic E-state index is 0.487. The third-order valence-electron chi connectivity index (χ3n) is 3.45. The zero-order valence-corrected chi connectivity index (χ0v) is 10.5. The van der Waals surface area contributed by atoms with Crippen LogP contribution in [0.15, 0.2) is 24.3 Å². The number of hydrogen-bond acceptors (Lipinski definition) is 3. The molecular weight excluding hydrogens is 212 g/mol. The molecule has 1 saturated carbocycles. The predicted molar refractivity (Wildman–Crippen MR) is 71.0 cm³/mol. The molecule has 0 aromatic heterocycles. The molecule has 0 spiro atoms. The van der Waals surface area contributed by atoms with Crippen molar-refractivity contribution in [2.45, 2.75) is 37.8 Å². The maximum atomic E-state index is 5.74. The summed E-state index contributed by atoms with van der Waals surface area (Å²) in [6, 6.07) is 8.82. The van der Waals surface area contributed by atoms with Gasteiger partial charge in [-0.25, -0.2) is 0 Å². The van der Waals surface area contributed by atoms with Crippen molar-refractivity contribution in [2.24, 2.45) is 0 Å². The summed E-state index contributed by atoms with van der Waals surface area (Å²) in [6.45, 7) is 1.08. The van der Waals surface area contributed by atoms with Crippen molar-refractivity contribution < 1.29 is 4.74 Å². The molecule has 17 heavy (non-hydrogen) atoms. The van der Waals surface area contributed by atoms with Crippen LogP contribution in [-0.4, -0.2) is 25.8 Å². The van der Waals surface area contributed by atoms with Crippen LogP contribution in [0.2, 0.25) is 0 Å². The first-order valence-corrected chi connectivity index (χ1v) is 6.38. The number of anilines is 1. The number of methoxy groups -OCH3 is 1. The van der Waals surface area contributed by atoms with Crippen LogP contribution < -0.4 is 11.1 Å². The highest BCUT2D eigenvalue weighted by Gasteiger charge is 2.27. The number of ether oxygens (including phenoxy) is 1. The second-order valence-corrected chi connectivity index (χ2v) is 4.83. The van der Waals surface area contributed by atoms with Crippen LogP contribution in [0.4, 0.5) is 5.69 Å². The molecule has 3 N–H and O–H groups in total. The number of hydrogen-bond donors (Lipinski definition) is 2. The Labute approximate surface area is 103 Å². The van der Waals surface area contributed by atoms with Gasteiger partial charge in [-0.2, -0.15) is 0 Å². The lowest BCUT2D eigenvalue weighted by Crippen LogP contribution is -2.45. The molecule has 94 valence electrons. The van der Waals surface area contributed by atoms with Gasteiger partial charge in [0.2, 0.25) is 0 Å². The van der Waals surface area contributed by atoms with Gasteiger partial charge < -0.3 is 15.8 Å². The lowest BCUT2D eigenvalue weighted by atomic mass is 9.89. The van der Waals surface area contributed by atoms with Crippen molar-refractivity contribution >= 4 is 5.69 Å². The van der Waals surface area contributed by atoms with Crippen LogP contribution in [0.3, 0.4) is 0 Å². The summed E-state index contributed by atoms with van der Waals surface area (Å²) in [5.41, 5.74) is 7.93.